The molecule has 104 valence electrons. The standard InChI is InChI=1S/C13H24N2O3/c1-4-14-11-6-18-5-10(11)12(16)15-7-13(17,8-15)9(2)3/h9-11,14,17H,4-8H2,1-3H3. The van der Waals surface area contributed by atoms with E-state index in [1.54, 1.807) is 4.90 Å². The Morgan fingerprint density at radius 3 is 2.72 bits per heavy atom. The van der Waals surface area contributed by atoms with Gasteiger partial charge in [0.2, 0.25) is 5.91 Å². The fraction of sp³-hybridized carbons (Fsp3) is 0.923. The number of amides is 1. The third kappa shape index (κ3) is 2.39. The molecule has 2 saturated heterocycles. The molecule has 0 aromatic rings. The zero-order valence-corrected chi connectivity index (χ0v) is 11.5. The molecule has 0 radical (unpaired) electrons. The van der Waals surface area contributed by atoms with E-state index in [1.165, 1.54) is 0 Å². The number of likely N-dealkylation sites (N-methyl/N-ethyl adjacent to an activating group) is 1. The summed E-state index contributed by atoms with van der Waals surface area (Å²) in [5, 5.41) is 13.5. The topological polar surface area (TPSA) is 61.8 Å². The first-order chi connectivity index (χ1) is 8.48. The number of rotatable bonds is 4. The van der Waals surface area contributed by atoms with E-state index < -0.39 is 5.60 Å². The van der Waals surface area contributed by atoms with Crippen molar-refractivity contribution in [2.75, 3.05) is 32.8 Å². The highest BCUT2D eigenvalue weighted by molar-refractivity contribution is 5.81. The molecule has 2 fully saturated rings. The molecule has 2 N–H and O–H groups in total. The van der Waals surface area contributed by atoms with E-state index in [1.807, 2.05) is 20.8 Å². The average molecular weight is 256 g/mol. The van der Waals surface area contributed by atoms with Crippen LogP contribution < -0.4 is 5.32 Å². The minimum absolute atomic E-state index is 0.0957. The number of β-amino-alcohol motifs (C(OH)–C–C–N with tert-alkyl or cyclic N) is 1. The first-order valence-corrected chi connectivity index (χ1v) is 6.80. The van der Waals surface area contributed by atoms with Crippen molar-refractivity contribution in [3.05, 3.63) is 0 Å². The number of carbonyl (C=O) groups is 1. The van der Waals surface area contributed by atoms with Crippen molar-refractivity contribution in [3.8, 4) is 0 Å². The Morgan fingerprint density at radius 2 is 2.17 bits per heavy atom. The Balaban J connectivity index is 1.90. The van der Waals surface area contributed by atoms with Crippen molar-refractivity contribution < 1.29 is 14.6 Å². The molecule has 0 spiro atoms. The molecule has 0 aliphatic carbocycles. The van der Waals surface area contributed by atoms with Crippen LogP contribution in [0.2, 0.25) is 0 Å². The van der Waals surface area contributed by atoms with Crippen LogP contribution in [0.25, 0.3) is 0 Å². The van der Waals surface area contributed by atoms with Crippen molar-refractivity contribution in [2.45, 2.75) is 32.4 Å². The monoisotopic (exact) mass is 256 g/mol. The van der Waals surface area contributed by atoms with Gasteiger partial charge < -0.3 is 20.1 Å². The van der Waals surface area contributed by atoms with E-state index in [9.17, 15) is 9.90 Å². The van der Waals surface area contributed by atoms with Gasteiger partial charge in [-0.25, -0.2) is 0 Å². The average Bonchev–Trinajstić information content (AvgIpc) is 2.72. The van der Waals surface area contributed by atoms with Gasteiger partial charge in [-0.3, -0.25) is 4.79 Å². The van der Waals surface area contributed by atoms with Crippen LogP contribution in [0.15, 0.2) is 0 Å². The summed E-state index contributed by atoms with van der Waals surface area (Å²) in [5.74, 6) is 0.205. The molecule has 0 aromatic carbocycles. The minimum Gasteiger partial charge on any atom is -0.386 e. The summed E-state index contributed by atoms with van der Waals surface area (Å²) in [7, 11) is 0. The summed E-state index contributed by atoms with van der Waals surface area (Å²) < 4.78 is 5.39. The van der Waals surface area contributed by atoms with Gasteiger partial charge in [0.25, 0.3) is 0 Å². The Morgan fingerprint density at radius 1 is 1.50 bits per heavy atom. The quantitative estimate of drug-likeness (QED) is 0.734. The van der Waals surface area contributed by atoms with Crippen molar-refractivity contribution in [2.24, 2.45) is 11.8 Å². The maximum atomic E-state index is 12.3. The van der Waals surface area contributed by atoms with Gasteiger partial charge in [0.15, 0.2) is 0 Å². The van der Waals surface area contributed by atoms with E-state index in [2.05, 4.69) is 5.32 Å². The zero-order chi connectivity index (χ0) is 13.3. The van der Waals surface area contributed by atoms with E-state index in [0.717, 1.165) is 6.54 Å². The van der Waals surface area contributed by atoms with Gasteiger partial charge in [-0.15, -0.1) is 0 Å². The SMILES string of the molecule is CCNC1COCC1C(=O)N1CC(O)(C(C)C)C1. The van der Waals surface area contributed by atoms with E-state index in [0.29, 0.717) is 26.3 Å². The van der Waals surface area contributed by atoms with Gasteiger partial charge in [0.05, 0.1) is 32.2 Å². The smallest absolute Gasteiger partial charge is 0.229 e. The fourth-order valence-electron chi connectivity index (χ4n) is 2.63. The van der Waals surface area contributed by atoms with Crippen LogP contribution in [0.1, 0.15) is 20.8 Å². The second-order valence-corrected chi connectivity index (χ2v) is 5.76. The van der Waals surface area contributed by atoms with Crippen LogP contribution in [-0.4, -0.2) is 60.4 Å². The number of ether oxygens (including phenoxy) is 1. The second kappa shape index (κ2) is 5.15. The lowest BCUT2D eigenvalue weighted by molar-refractivity contribution is -0.168. The van der Waals surface area contributed by atoms with Crippen LogP contribution >= 0.6 is 0 Å². The first kappa shape index (κ1) is 13.8. The van der Waals surface area contributed by atoms with E-state index >= 15 is 0 Å². The molecule has 2 heterocycles. The summed E-state index contributed by atoms with van der Waals surface area (Å²) in [6.07, 6.45) is 0. The van der Waals surface area contributed by atoms with Gasteiger partial charge in [-0.2, -0.15) is 0 Å². The Labute approximate surface area is 108 Å². The minimum atomic E-state index is -0.692. The number of likely N-dealkylation sites (tertiary alicyclic amines) is 1. The number of hydrogen-bond donors (Lipinski definition) is 2. The lowest BCUT2D eigenvalue weighted by Gasteiger charge is -2.50. The molecule has 18 heavy (non-hydrogen) atoms. The lowest BCUT2D eigenvalue weighted by Crippen LogP contribution is -2.67. The van der Waals surface area contributed by atoms with Crippen LogP contribution in [0.3, 0.4) is 0 Å². The fourth-order valence-corrected chi connectivity index (χ4v) is 2.63. The molecule has 0 bridgehead atoms. The predicted molar refractivity (Wildman–Crippen MR) is 68.1 cm³/mol. The van der Waals surface area contributed by atoms with Crippen LogP contribution in [0, 0.1) is 11.8 Å². The molecule has 0 saturated carbocycles. The number of hydrogen-bond acceptors (Lipinski definition) is 4. The number of aliphatic hydroxyl groups is 1. The summed E-state index contributed by atoms with van der Waals surface area (Å²) >= 11 is 0. The number of nitrogens with one attached hydrogen (secondary N) is 1. The molecular formula is C13H24N2O3. The summed E-state index contributed by atoms with van der Waals surface area (Å²) in [6.45, 7) is 8.86. The summed E-state index contributed by atoms with van der Waals surface area (Å²) in [6, 6.07) is 0.121. The van der Waals surface area contributed by atoms with Crippen molar-refractivity contribution in [3.63, 3.8) is 0 Å². The van der Waals surface area contributed by atoms with Crippen LogP contribution in [-0.2, 0) is 9.53 Å². The second-order valence-electron chi connectivity index (χ2n) is 5.76. The molecule has 2 aliphatic rings. The van der Waals surface area contributed by atoms with E-state index in [4.69, 9.17) is 4.74 Å². The third-order valence-corrected chi connectivity index (χ3v) is 4.18. The maximum Gasteiger partial charge on any atom is 0.229 e. The van der Waals surface area contributed by atoms with Crippen molar-refractivity contribution in [1.82, 2.24) is 10.2 Å². The molecule has 2 aliphatic heterocycles. The number of carbonyl (C=O) groups excluding carboxylic acids is 1. The first-order valence-electron chi connectivity index (χ1n) is 6.80. The zero-order valence-electron chi connectivity index (χ0n) is 11.5. The largest absolute Gasteiger partial charge is 0.386 e. The Kier molecular flexibility index (Phi) is 3.94. The van der Waals surface area contributed by atoms with Gasteiger partial charge in [-0.1, -0.05) is 20.8 Å². The molecule has 2 rings (SSSR count). The molecule has 2 unspecified atom stereocenters. The number of nitrogens with zero attached hydrogens (tertiary/aromatic N) is 1. The van der Waals surface area contributed by atoms with Gasteiger partial charge in [0.1, 0.15) is 5.60 Å². The normalized spacial score (nSPS) is 30.6. The summed E-state index contributed by atoms with van der Waals surface area (Å²) in [4.78, 5) is 14.1. The van der Waals surface area contributed by atoms with E-state index in [-0.39, 0.29) is 23.8 Å². The molecular weight excluding hydrogens is 232 g/mol. The van der Waals surface area contributed by atoms with Gasteiger partial charge in [-0.05, 0) is 12.5 Å². The highest BCUT2D eigenvalue weighted by Crippen LogP contribution is 2.31. The van der Waals surface area contributed by atoms with Gasteiger partial charge >= 0.3 is 0 Å². The molecule has 0 aromatic heterocycles. The molecule has 5 heteroatoms. The highest BCUT2D eigenvalue weighted by Gasteiger charge is 2.48. The molecule has 2 atom stereocenters. The van der Waals surface area contributed by atoms with Crippen LogP contribution in [0.4, 0.5) is 0 Å². The van der Waals surface area contributed by atoms with Crippen molar-refractivity contribution >= 4 is 5.91 Å². The molecule has 1 amide bonds. The van der Waals surface area contributed by atoms with Crippen molar-refractivity contribution in [1.29, 1.82) is 0 Å². The predicted octanol–water partition coefficient (Wildman–Crippen LogP) is -0.160. The Bertz CT molecular complexity index is 313. The van der Waals surface area contributed by atoms with Crippen LogP contribution in [0.5, 0.6) is 0 Å². The summed E-state index contributed by atoms with van der Waals surface area (Å²) in [5.41, 5.74) is -0.692. The maximum absolute atomic E-state index is 12.3. The lowest BCUT2D eigenvalue weighted by atomic mass is 9.82. The third-order valence-electron chi connectivity index (χ3n) is 4.18. The molecule has 5 nitrogen and oxygen atoms in total. The Hall–Kier alpha value is -0.650. The highest BCUT2D eigenvalue weighted by atomic mass is 16.5. The van der Waals surface area contributed by atoms with Gasteiger partial charge in [0, 0.05) is 6.04 Å².